The highest BCUT2D eigenvalue weighted by Gasteiger charge is 2.54. The molecule has 1 aliphatic heterocycles. The lowest BCUT2D eigenvalue weighted by atomic mass is 9.73. The maximum Gasteiger partial charge on any atom is 0.325 e. The van der Waals surface area contributed by atoms with Crippen molar-refractivity contribution >= 4 is 11.9 Å². The van der Waals surface area contributed by atoms with Crippen molar-refractivity contribution in [1.29, 1.82) is 0 Å². The van der Waals surface area contributed by atoms with Gasteiger partial charge >= 0.3 is 6.03 Å². The van der Waals surface area contributed by atoms with Gasteiger partial charge in [-0.15, -0.1) is 0 Å². The van der Waals surface area contributed by atoms with Gasteiger partial charge in [0.15, 0.2) is 0 Å². The van der Waals surface area contributed by atoms with Crippen LogP contribution in [-0.4, -0.2) is 22.4 Å². The van der Waals surface area contributed by atoms with E-state index in [0.29, 0.717) is 6.54 Å². The molecule has 4 nitrogen and oxygen atoms in total. The fourth-order valence-electron chi connectivity index (χ4n) is 3.63. The minimum absolute atomic E-state index is 0.0405. The summed E-state index contributed by atoms with van der Waals surface area (Å²) in [5.41, 5.74) is 1.48. The minimum atomic E-state index is -0.654. The zero-order valence-electron chi connectivity index (χ0n) is 12.7. The average molecular weight is 286 g/mol. The third-order valence-electron chi connectivity index (χ3n) is 4.92. The van der Waals surface area contributed by atoms with Crippen LogP contribution in [0.4, 0.5) is 4.79 Å². The lowest BCUT2D eigenvalue weighted by Gasteiger charge is -2.36. The number of nitrogens with zero attached hydrogens (tertiary/aromatic N) is 1. The zero-order valence-corrected chi connectivity index (χ0v) is 12.7. The number of carbonyl (C=O) groups is 2. The molecule has 1 aromatic rings. The Balaban J connectivity index is 1.84. The predicted octanol–water partition coefficient (Wildman–Crippen LogP) is 3.00. The molecule has 1 saturated heterocycles. The molecular formula is C17H22N2O2. The molecule has 2 aliphatic rings. The molecule has 0 radical (unpaired) electrons. The van der Waals surface area contributed by atoms with Crippen molar-refractivity contribution < 1.29 is 9.59 Å². The summed E-state index contributed by atoms with van der Waals surface area (Å²) >= 11 is 0. The SMILES string of the molecule is Cc1cccc(CN2C(=O)N[C@]3(CCCC[C@H]3C)C2=O)c1. The molecule has 3 rings (SSSR count). The van der Waals surface area contributed by atoms with E-state index < -0.39 is 5.54 Å². The van der Waals surface area contributed by atoms with Crippen molar-refractivity contribution in [1.82, 2.24) is 10.2 Å². The van der Waals surface area contributed by atoms with Crippen LogP contribution in [0, 0.1) is 12.8 Å². The Bertz CT molecular complexity index is 584. The van der Waals surface area contributed by atoms with Gasteiger partial charge < -0.3 is 5.32 Å². The number of imide groups is 1. The molecule has 112 valence electrons. The lowest BCUT2D eigenvalue weighted by Crippen LogP contribution is -2.53. The number of benzene rings is 1. The smallest absolute Gasteiger partial charge is 0.323 e. The summed E-state index contributed by atoms with van der Waals surface area (Å²) in [5, 5.41) is 2.99. The van der Waals surface area contributed by atoms with Gasteiger partial charge in [0.1, 0.15) is 5.54 Å². The van der Waals surface area contributed by atoms with Gasteiger partial charge in [0.25, 0.3) is 5.91 Å². The van der Waals surface area contributed by atoms with E-state index in [-0.39, 0.29) is 17.9 Å². The summed E-state index contributed by atoms with van der Waals surface area (Å²) < 4.78 is 0. The average Bonchev–Trinajstić information content (AvgIpc) is 2.68. The highest BCUT2D eigenvalue weighted by molar-refractivity contribution is 6.07. The number of rotatable bonds is 2. The number of nitrogens with one attached hydrogen (secondary N) is 1. The Morgan fingerprint density at radius 1 is 1.33 bits per heavy atom. The Kier molecular flexibility index (Phi) is 3.47. The maximum atomic E-state index is 12.8. The Hall–Kier alpha value is -1.84. The molecule has 0 bridgehead atoms. The van der Waals surface area contributed by atoms with Crippen LogP contribution in [0.25, 0.3) is 0 Å². The van der Waals surface area contributed by atoms with E-state index in [4.69, 9.17) is 0 Å². The molecule has 1 spiro atoms. The third-order valence-corrected chi connectivity index (χ3v) is 4.92. The Labute approximate surface area is 125 Å². The van der Waals surface area contributed by atoms with Crippen molar-refractivity contribution in [2.45, 2.75) is 51.6 Å². The quantitative estimate of drug-likeness (QED) is 0.850. The van der Waals surface area contributed by atoms with Gasteiger partial charge in [-0.1, -0.05) is 49.6 Å². The van der Waals surface area contributed by atoms with Gasteiger partial charge in [0, 0.05) is 0 Å². The van der Waals surface area contributed by atoms with Gasteiger partial charge in [0.05, 0.1) is 6.54 Å². The van der Waals surface area contributed by atoms with Crippen LogP contribution >= 0.6 is 0 Å². The summed E-state index contributed by atoms with van der Waals surface area (Å²) in [6, 6.07) is 7.72. The highest BCUT2D eigenvalue weighted by atomic mass is 16.2. The molecule has 1 saturated carbocycles. The molecule has 21 heavy (non-hydrogen) atoms. The first-order valence-corrected chi connectivity index (χ1v) is 7.72. The van der Waals surface area contributed by atoms with Gasteiger partial charge in [0.2, 0.25) is 0 Å². The normalized spacial score (nSPS) is 29.0. The van der Waals surface area contributed by atoms with Gasteiger partial charge in [-0.2, -0.15) is 0 Å². The fraction of sp³-hybridized carbons (Fsp3) is 0.529. The van der Waals surface area contributed by atoms with E-state index in [1.807, 2.05) is 31.2 Å². The molecule has 1 N–H and O–H groups in total. The second-order valence-electron chi connectivity index (χ2n) is 6.43. The molecule has 4 heteroatoms. The summed E-state index contributed by atoms with van der Waals surface area (Å²) in [6.07, 6.45) is 3.92. The van der Waals surface area contributed by atoms with E-state index in [2.05, 4.69) is 12.2 Å². The third kappa shape index (κ3) is 2.33. The van der Waals surface area contributed by atoms with Crippen LogP contribution in [0.15, 0.2) is 24.3 Å². The van der Waals surface area contributed by atoms with Gasteiger partial charge in [-0.3, -0.25) is 9.69 Å². The second-order valence-corrected chi connectivity index (χ2v) is 6.43. The number of hydrogen-bond donors (Lipinski definition) is 1. The molecule has 1 aliphatic carbocycles. The molecule has 2 fully saturated rings. The largest absolute Gasteiger partial charge is 0.325 e. The number of urea groups is 1. The molecule has 0 aromatic heterocycles. The number of aryl methyl sites for hydroxylation is 1. The molecule has 3 amide bonds. The number of hydrogen-bond acceptors (Lipinski definition) is 2. The van der Waals surface area contributed by atoms with E-state index in [1.54, 1.807) is 0 Å². The van der Waals surface area contributed by atoms with E-state index >= 15 is 0 Å². The summed E-state index contributed by atoms with van der Waals surface area (Å²) in [6.45, 7) is 4.45. The van der Waals surface area contributed by atoms with Gasteiger partial charge in [-0.05, 0) is 31.2 Å². The van der Waals surface area contributed by atoms with Crippen LogP contribution in [-0.2, 0) is 11.3 Å². The van der Waals surface area contributed by atoms with Crippen LogP contribution in [0.3, 0.4) is 0 Å². The zero-order chi connectivity index (χ0) is 15.0. The highest BCUT2D eigenvalue weighted by Crippen LogP contribution is 2.38. The van der Waals surface area contributed by atoms with Crippen LogP contribution < -0.4 is 5.32 Å². The van der Waals surface area contributed by atoms with Crippen molar-refractivity contribution in [2.24, 2.45) is 5.92 Å². The Morgan fingerprint density at radius 2 is 2.14 bits per heavy atom. The molecule has 0 unspecified atom stereocenters. The number of amides is 3. The second kappa shape index (κ2) is 5.17. The molecule has 1 aromatic carbocycles. The van der Waals surface area contributed by atoms with E-state index in [1.165, 1.54) is 4.90 Å². The van der Waals surface area contributed by atoms with Gasteiger partial charge in [-0.25, -0.2) is 4.79 Å². The summed E-state index contributed by atoms with van der Waals surface area (Å²) in [5.74, 6) is 0.173. The Morgan fingerprint density at radius 3 is 2.86 bits per heavy atom. The predicted molar refractivity (Wildman–Crippen MR) is 80.6 cm³/mol. The van der Waals surface area contributed by atoms with Crippen LogP contribution in [0.5, 0.6) is 0 Å². The number of carbonyl (C=O) groups excluding carboxylic acids is 2. The minimum Gasteiger partial charge on any atom is -0.323 e. The molecule has 2 atom stereocenters. The van der Waals surface area contributed by atoms with E-state index in [9.17, 15) is 9.59 Å². The molecule has 1 heterocycles. The van der Waals surface area contributed by atoms with Crippen molar-refractivity contribution in [2.75, 3.05) is 0 Å². The first-order valence-electron chi connectivity index (χ1n) is 7.72. The van der Waals surface area contributed by atoms with Crippen LogP contribution in [0.1, 0.15) is 43.7 Å². The van der Waals surface area contributed by atoms with Crippen LogP contribution in [0.2, 0.25) is 0 Å². The van der Waals surface area contributed by atoms with Crippen molar-refractivity contribution in [3.63, 3.8) is 0 Å². The summed E-state index contributed by atoms with van der Waals surface area (Å²) in [7, 11) is 0. The maximum absolute atomic E-state index is 12.8. The lowest BCUT2D eigenvalue weighted by molar-refractivity contribution is -0.134. The fourth-order valence-corrected chi connectivity index (χ4v) is 3.63. The standard InChI is InChI=1S/C17H22N2O2/c1-12-6-5-8-14(10-12)11-19-15(20)17(18-16(19)21)9-4-3-7-13(17)2/h5-6,8,10,13H,3-4,7,9,11H2,1-2H3,(H,18,21)/t13-,17+/m1/s1. The van der Waals surface area contributed by atoms with E-state index in [0.717, 1.165) is 36.8 Å². The summed E-state index contributed by atoms with van der Waals surface area (Å²) in [4.78, 5) is 26.5. The monoisotopic (exact) mass is 286 g/mol. The first kappa shape index (κ1) is 14.1. The van der Waals surface area contributed by atoms with Crippen molar-refractivity contribution in [3.8, 4) is 0 Å². The molecular weight excluding hydrogens is 264 g/mol. The first-order chi connectivity index (χ1) is 10.0. The topological polar surface area (TPSA) is 49.4 Å². The van der Waals surface area contributed by atoms with Crippen molar-refractivity contribution in [3.05, 3.63) is 35.4 Å².